The van der Waals surface area contributed by atoms with Crippen LogP contribution in [0.3, 0.4) is 0 Å². The number of halogens is 1. The zero-order chi connectivity index (χ0) is 10.8. The number of fused-ring (bicyclic) bond motifs is 1. The lowest BCUT2D eigenvalue weighted by atomic mass is 10.4. The van der Waals surface area contributed by atoms with Crippen molar-refractivity contribution in [3.05, 3.63) is 27.1 Å². The van der Waals surface area contributed by atoms with Gasteiger partial charge in [0.15, 0.2) is 0 Å². The molecule has 0 aliphatic carbocycles. The van der Waals surface area contributed by atoms with Crippen LogP contribution >= 0.6 is 22.9 Å². The minimum absolute atomic E-state index is 0.214. The molecule has 5 nitrogen and oxygen atoms in total. The number of ether oxygens (including phenoxy) is 1. The fourth-order valence-electron chi connectivity index (χ4n) is 1.15. The van der Waals surface area contributed by atoms with Gasteiger partial charge in [0.2, 0.25) is 4.96 Å². The molecule has 0 unspecified atom stereocenters. The van der Waals surface area contributed by atoms with Crippen molar-refractivity contribution in [1.82, 2.24) is 14.6 Å². The molecule has 80 valence electrons. The first-order valence-corrected chi connectivity index (χ1v) is 5.53. The van der Waals surface area contributed by atoms with Gasteiger partial charge in [-0.3, -0.25) is 4.79 Å². The molecule has 0 N–H and O–H groups in total. The average molecular weight is 246 g/mol. The highest BCUT2D eigenvalue weighted by Crippen LogP contribution is 2.12. The van der Waals surface area contributed by atoms with Crippen LogP contribution in [0, 0.1) is 0 Å². The molecule has 2 aromatic rings. The molecule has 7 heteroatoms. The summed E-state index contributed by atoms with van der Waals surface area (Å²) in [7, 11) is 1.58. The second-order valence-corrected chi connectivity index (χ2v) is 4.15. The summed E-state index contributed by atoms with van der Waals surface area (Å²) in [4.78, 5) is 16.3. The van der Waals surface area contributed by atoms with E-state index in [0.717, 1.165) is 0 Å². The number of nitrogens with zero attached hydrogens (tertiary/aromatic N) is 3. The molecule has 0 spiro atoms. The van der Waals surface area contributed by atoms with Crippen LogP contribution in [0.4, 0.5) is 0 Å². The van der Waals surface area contributed by atoms with Gasteiger partial charge >= 0.3 is 0 Å². The molecular formula is C8H8ClN3O2S. The molecule has 2 aromatic heterocycles. The number of hydrogen-bond acceptors (Lipinski definition) is 5. The summed E-state index contributed by atoms with van der Waals surface area (Å²) in [5.41, 5.74) is 0.350. The fourth-order valence-corrected chi connectivity index (χ4v) is 2.17. The SMILES string of the molecule is COCc1nn2c(=O)cc(CCl)nc2s1. The predicted molar refractivity (Wildman–Crippen MR) is 57.4 cm³/mol. The number of alkyl halides is 1. The Balaban J connectivity index is 2.59. The molecule has 2 rings (SSSR count). The molecule has 0 fully saturated rings. The number of aromatic nitrogens is 3. The van der Waals surface area contributed by atoms with E-state index in [9.17, 15) is 4.79 Å². The summed E-state index contributed by atoms with van der Waals surface area (Å²) >= 11 is 6.94. The smallest absolute Gasteiger partial charge is 0.275 e. The Morgan fingerprint density at radius 3 is 3.13 bits per heavy atom. The monoisotopic (exact) mass is 245 g/mol. The lowest BCUT2D eigenvalue weighted by Gasteiger charge is -1.92. The maximum Gasteiger partial charge on any atom is 0.275 e. The molecule has 0 saturated carbocycles. The molecule has 0 atom stereocenters. The van der Waals surface area contributed by atoms with Gasteiger partial charge in [-0.05, 0) is 0 Å². The Kier molecular flexibility index (Phi) is 2.99. The predicted octanol–water partition coefficient (Wildman–Crippen LogP) is 1.04. The largest absolute Gasteiger partial charge is 0.377 e. The van der Waals surface area contributed by atoms with E-state index in [1.54, 1.807) is 7.11 Å². The second kappa shape index (κ2) is 4.26. The lowest BCUT2D eigenvalue weighted by Crippen LogP contribution is -2.15. The Hall–Kier alpha value is -0.980. The van der Waals surface area contributed by atoms with Crippen molar-refractivity contribution in [1.29, 1.82) is 0 Å². The number of rotatable bonds is 3. The Labute approximate surface area is 94.3 Å². The summed E-state index contributed by atoms with van der Waals surface area (Å²) in [6.45, 7) is 0.379. The molecule has 0 aliphatic heterocycles. The highest BCUT2D eigenvalue weighted by molar-refractivity contribution is 7.16. The highest BCUT2D eigenvalue weighted by atomic mass is 35.5. The fraction of sp³-hybridized carbons (Fsp3) is 0.375. The highest BCUT2D eigenvalue weighted by Gasteiger charge is 2.07. The van der Waals surface area contributed by atoms with E-state index in [0.29, 0.717) is 22.3 Å². The van der Waals surface area contributed by atoms with Crippen molar-refractivity contribution >= 4 is 27.9 Å². The standard InChI is InChI=1S/C8H8ClN3O2S/c1-14-4-6-11-12-7(13)2-5(3-9)10-8(12)15-6/h2H,3-4H2,1H3. The third kappa shape index (κ3) is 2.01. The van der Waals surface area contributed by atoms with Crippen molar-refractivity contribution in [2.75, 3.05) is 7.11 Å². The number of hydrogen-bond donors (Lipinski definition) is 0. The van der Waals surface area contributed by atoms with E-state index in [2.05, 4.69) is 10.1 Å². The normalized spacial score (nSPS) is 11.1. The molecule has 0 aromatic carbocycles. The number of methoxy groups -OCH3 is 1. The molecular weight excluding hydrogens is 238 g/mol. The van der Waals surface area contributed by atoms with Gasteiger partial charge in [0.05, 0.1) is 18.2 Å². The van der Waals surface area contributed by atoms with E-state index >= 15 is 0 Å². The van der Waals surface area contributed by atoms with Gasteiger partial charge in [0.25, 0.3) is 5.56 Å². The van der Waals surface area contributed by atoms with Crippen molar-refractivity contribution in [3.8, 4) is 0 Å². The van der Waals surface area contributed by atoms with Crippen LogP contribution in [0.25, 0.3) is 4.96 Å². The molecule has 0 radical (unpaired) electrons. The van der Waals surface area contributed by atoms with Crippen molar-refractivity contribution < 1.29 is 4.74 Å². The van der Waals surface area contributed by atoms with Gasteiger partial charge < -0.3 is 4.74 Å². The summed E-state index contributed by atoms with van der Waals surface area (Å²) in [6.07, 6.45) is 0. The molecule has 0 saturated heterocycles. The van der Waals surface area contributed by atoms with Gasteiger partial charge in [-0.2, -0.15) is 9.61 Å². The first-order valence-electron chi connectivity index (χ1n) is 4.18. The molecule has 15 heavy (non-hydrogen) atoms. The van der Waals surface area contributed by atoms with E-state index in [4.69, 9.17) is 16.3 Å². The molecule has 0 aliphatic rings. The van der Waals surface area contributed by atoms with Gasteiger partial charge in [-0.25, -0.2) is 4.98 Å². The zero-order valence-corrected chi connectivity index (χ0v) is 9.51. The maximum absolute atomic E-state index is 11.5. The summed E-state index contributed by atoms with van der Waals surface area (Å²) in [6, 6.07) is 1.39. The second-order valence-electron chi connectivity index (χ2n) is 2.84. The molecule has 0 bridgehead atoms. The van der Waals surface area contributed by atoms with Crippen molar-refractivity contribution in [2.24, 2.45) is 0 Å². The lowest BCUT2D eigenvalue weighted by molar-refractivity contribution is 0.183. The Morgan fingerprint density at radius 1 is 1.67 bits per heavy atom. The van der Waals surface area contributed by atoms with E-state index < -0.39 is 0 Å². The molecule has 2 heterocycles. The quantitative estimate of drug-likeness (QED) is 0.758. The zero-order valence-electron chi connectivity index (χ0n) is 7.94. The van der Waals surface area contributed by atoms with Crippen LogP contribution in [0.5, 0.6) is 0 Å². The average Bonchev–Trinajstić information content (AvgIpc) is 2.61. The van der Waals surface area contributed by atoms with Crippen LogP contribution in [0.1, 0.15) is 10.7 Å². The topological polar surface area (TPSA) is 56.5 Å². The third-order valence-electron chi connectivity index (χ3n) is 1.74. The Morgan fingerprint density at radius 2 is 2.47 bits per heavy atom. The van der Waals surface area contributed by atoms with Gasteiger partial charge in [-0.1, -0.05) is 11.3 Å². The maximum atomic E-state index is 11.5. The molecule has 0 amide bonds. The Bertz CT molecular complexity index is 536. The third-order valence-corrected chi connectivity index (χ3v) is 2.90. The van der Waals surface area contributed by atoms with Gasteiger partial charge in [0.1, 0.15) is 5.01 Å². The summed E-state index contributed by atoms with van der Waals surface area (Å²) < 4.78 is 6.19. The summed E-state index contributed by atoms with van der Waals surface area (Å²) in [5.74, 6) is 0.225. The van der Waals surface area contributed by atoms with Crippen LogP contribution in [-0.2, 0) is 17.2 Å². The van der Waals surface area contributed by atoms with Crippen LogP contribution in [-0.4, -0.2) is 21.7 Å². The van der Waals surface area contributed by atoms with Gasteiger partial charge in [-0.15, -0.1) is 11.6 Å². The van der Waals surface area contributed by atoms with E-state index in [1.165, 1.54) is 21.9 Å². The van der Waals surface area contributed by atoms with Crippen LogP contribution in [0.2, 0.25) is 0 Å². The first-order chi connectivity index (χ1) is 7.24. The van der Waals surface area contributed by atoms with Crippen molar-refractivity contribution in [3.63, 3.8) is 0 Å². The minimum atomic E-state index is -0.214. The van der Waals surface area contributed by atoms with Crippen molar-refractivity contribution in [2.45, 2.75) is 12.5 Å². The van der Waals surface area contributed by atoms with E-state index in [1.807, 2.05) is 0 Å². The minimum Gasteiger partial charge on any atom is -0.377 e. The van der Waals surface area contributed by atoms with Gasteiger partial charge in [0, 0.05) is 13.2 Å². The summed E-state index contributed by atoms with van der Waals surface area (Å²) in [5, 5.41) is 4.79. The van der Waals surface area contributed by atoms with E-state index in [-0.39, 0.29) is 11.4 Å². The van der Waals surface area contributed by atoms with Crippen LogP contribution in [0.15, 0.2) is 10.9 Å². The van der Waals surface area contributed by atoms with Crippen LogP contribution < -0.4 is 5.56 Å². The first kappa shape index (κ1) is 10.5.